The number of anilines is 2. The van der Waals surface area contributed by atoms with Crippen molar-refractivity contribution in [2.45, 2.75) is 56.4 Å². The quantitative estimate of drug-likeness (QED) is 0.609. The molecule has 2 atom stereocenters. The molecule has 2 aromatic heterocycles. The number of hydrogen-bond donors (Lipinski definition) is 2. The number of piperazine rings is 1. The van der Waals surface area contributed by atoms with Gasteiger partial charge in [0.1, 0.15) is 5.82 Å². The number of nitrogens with two attached hydrogens (primary N) is 1. The Hall–Kier alpha value is -2.72. The van der Waals surface area contributed by atoms with Crippen LogP contribution in [0, 0.1) is 0 Å². The standard InChI is InChI=1S/C22H27N7O2S/c1-12(2)32(30,31)29-11-14-8-15(29)10-28(14)22-24-17-5-3-4-16(20(17)21(23)25-22)19-9-18(26-27-19)13-6-7-13/h3-5,9,12-15H,6-8,10-11H2,1-2H3,(H,26,27)(H2,23,24,25). The van der Waals surface area contributed by atoms with Gasteiger partial charge < -0.3 is 10.6 Å². The molecule has 6 rings (SSSR count). The summed E-state index contributed by atoms with van der Waals surface area (Å²) in [6, 6.07) is 8.04. The molecule has 0 radical (unpaired) electrons. The predicted molar refractivity (Wildman–Crippen MR) is 124 cm³/mol. The van der Waals surface area contributed by atoms with E-state index in [1.807, 2.05) is 18.2 Å². The van der Waals surface area contributed by atoms with Gasteiger partial charge in [-0.15, -0.1) is 0 Å². The van der Waals surface area contributed by atoms with Crippen LogP contribution in [0.1, 0.15) is 44.7 Å². The fraction of sp³-hybridized carbons (Fsp3) is 0.500. The largest absolute Gasteiger partial charge is 0.383 e. The van der Waals surface area contributed by atoms with Crippen molar-refractivity contribution in [3.05, 3.63) is 30.0 Å². The molecule has 2 bridgehead atoms. The lowest BCUT2D eigenvalue weighted by atomic mass is 10.1. The monoisotopic (exact) mass is 453 g/mol. The Labute approximate surface area is 187 Å². The molecule has 3 aliphatic rings. The third-order valence-corrected chi connectivity index (χ3v) is 9.29. The summed E-state index contributed by atoms with van der Waals surface area (Å²) in [5.41, 5.74) is 10.2. The number of nitrogens with one attached hydrogen (secondary N) is 1. The molecular weight excluding hydrogens is 426 g/mol. The van der Waals surface area contributed by atoms with Gasteiger partial charge in [0.2, 0.25) is 16.0 Å². The second-order valence-electron chi connectivity index (χ2n) is 9.45. The van der Waals surface area contributed by atoms with Gasteiger partial charge in [0.15, 0.2) is 0 Å². The fourth-order valence-electron chi connectivity index (χ4n) is 5.08. The van der Waals surface area contributed by atoms with Gasteiger partial charge in [0.25, 0.3) is 0 Å². The summed E-state index contributed by atoms with van der Waals surface area (Å²) in [6.45, 7) is 4.53. The summed E-state index contributed by atoms with van der Waals surface area (Å²) in [6.07, 6.45) is 3.21. The molecule has 10 heteroatoms. The Bertz CT molecular complexity index is 1320. The maximum Gasteiger partial charge on any atom is 0.228 e. The average molecular weight is 454 g/mol. The highest BCUT2D eigenvalue weighted by Crippen LogP contribution is 2.41. The van der Waals surface area contributed by atoms with Gasteiger partial charge in [-0.25, -0.2) is 13.4 Å². The first-order chi connectivity index (χ1) is 15.3. The molecule has 3 N–H and O–H groups in total. The van der Waals surface area contributed by atoms with Gasteiger partial charge in [0, 0.05) is 42.3 Å². The van der Waals surface area contributed by atoms with E-state index in [1.165, 1.54) is 18.5 Å². The number of nitrogens with zero attached hydrogens (tertiary/aromatic N) is 5. The first kappa shape index (κ1) is 19.9. The molecule has 4 heterocycles. The van der Waals surface area contributed by atoms with E-state index in [1.54, 1.807) is 18.2 Å². The van der Waals surface area contributed by atoms with Gasteiger partial charge in [-0.1, -0.05) is 12.1 Å². The number of benzene rings is 1. The second-order valence-corrected chi connectivity index (χ2v) is 11.9. The van der Waals surface area contributed by atoms with Crippen LogP contribution in [-0.4, -0.2) is 63.3 Å². The molecule has 0 spiro atoms. The molecule has 3 fully saturated rings. The lowest BCUT2D eigenvalue weighted by molar-refractivity contribution is 0.363. The van der Waals surface area contributed by atoms with E-state index in [0.717, 1.165) is 28.6 Å². The zero-order valence-corrected chi connectivity index (χ0v) is 19.0. The van der Waals surface area contributed by atoms with Crippen LogP contribution in [0.5, 0.6) is 0 Å². The Balaban J connectivity index is 1.33. The van der Waals surface area contributed by atoms with Crippen molar-refractivity contribution in [1.29, 1.82) is 0 Å². The molecule has 1 aliphatic carbocycles. The first-order valence-electron chi connectivity index (χ1n) is 11.2. The van der Waals surface area contributed by atoms with E-state index in [0.29, 0.717) is 30.8 Å². The smallest absolute Gasteiger partial charge is 0.228 e. The third-order valence-electron chi connectivity index (χ3n) is 7.00. The predicted octanol–water partition coefficient (Wildman–Crippen LogP) is 2.48. The van der Waals surface area contributed by atoms with Crippen molar-refractivity contribution in [1.82, 2.24) is 24.5 Å². The number of H-pyrrole nitrogens is 1. The highest BCUT2D eigenvalue weighted by molar-refractivity contribution is 7.89. The SMILES string of the molecule is CC(C)S(=O)(=O)N1CC2CC1CN2c1nc(N)c2c(-c3cc(C4CC4)[nH]n3)cccc2n1. The summed E-state index contributed by atoms with van der Waals surface area (Å²) in [4.78, 5) is 11.6. The minimum absolute atomic E-state index is 0.0378. The van der Waals surface area contributed by atoms with Gasteiger partial charge >= 0.3 is 0 Å². The van der Waals surface area contributed by atoms with Crippen LogP contribution in [0.25, 0.3) is 22.2 Å². The van der Waals surface area contributed by atoms with E-state index in [-0.39, 0.29) is 12.1 Å². The molecule has 168 valence electrons. The third kappa shape index (κ3) is 3.00. The molecular formula is C22H27N7O2S. The number of hydrogen-bond acceptors (Lipinski definition) is 7. The fourth-order valence-corrected chi connectivity index (χ4v) is 6.57. The number of sulfonamides is 1. The summed E-state index contributed by atoms with van der Waals surface area (Å²) in [5.74, 6) is 1.59. The van der Waals surface area contributed by atoms with Crippen LogP contribution in [0.3, 0.4) is 0 Å². The van der Waals surface area contributed by atoms with E-state index in [2.05, 4.69) is 26.1 Å². The summed E-state index contributed by atoms with van der Waals surface area (Å²) in [7, 11) is -3.26. The van der Waals surface area contributed by atoms with Crippen molar-refractivity contribution >= 4 is 32.7 Å². The van der Waals surface area contributed by atoms with Gasteiger partial charge in [0.05, 0.1) is 21.8 Å². The van der Waals surface area contributed by atoms with E-state index >= 15 is 0 Å². The molecule has 2 saturated heterocycles. The van der Waals surface area contributed by atoms with Crippen LogP contribution >= 0.6 is 0 Å². The minimum atomic E-state index is -3.26. The normalized spacial score (nSPS) is 23.7. The van der Waals surface area contributed by atoms with Crippen molar-refractivity contribution in [3.63, 3.8) is 0 Å². The van der Waals surface area contributed by atoms with Crippen molar-refractivity contribution in [2.75, 3.05) is 23.7 Å². The number of rotatable bonds is 5. The van der Waals surface area contributed by atoms with Gasteiger partial charge in [-0.2, -0.15) is 14.4 Å². The van der Waals surface area contributed by atoms with Crippen LogP contribution in [0.15, 0.2) is 24.3 Å². The Kier molecular flexibility index (Phi) is 4.29. The molecule has 2 aliphatic heterocycles. The molecule has 32 heavy (non-hydrogen) atoms. The van der Waals surface area contributed by atoms with Crippen molar-refractivity contribution < 1.29 is 8.42 Å². The van der Waals surface area contributed by atoms with E-state index in [4.69, 9.17) is 10.7 Å². The lowest BCUT2D eigenvalue weighted by Crippen LogP contribution is -2.50. The number of nitrogen functional groups attached to an aromatic ring is 1. The Morgan fingerprint density at radius 2 is 1.97 bits per heavy atom. The zero-order valence-electron chi connectivity index (χ0n) is 18.2. The molecule has 1 aromatic carbocycles. The highest BCUT2D eigenvalue weighted by atomic mass is 32.2. The molecule has 9 nitrogen and oxygen atoms in total. The van der Waals surface area contributed by atoms with Crippen LogP contribution in [-0.2, 0) is 10.0 Å². The second kappa shape index (κ2) is 6.89. The topological polar surface area (TPSA) is 121 Å². The van der Waals surface area contributed by atoms with Crippen LogP contribution in [0.4, 0.5) is 11.8 Å². The Morgan fingerprint density at radius 1 is 1.16 bits per heavy atom. The van der Waals surface area contributed by atoms with Crippen LogP contribution < -0.4 is 10.6 Å². The molecule has 0 amide bonds. The van der Waals surface area contributed by atoms with Crippen molar-refractivity contribution in [3.8, 4) is 11.3 Å². The van der Waals surface area contributed by atoms with Crippen LogP contribution in [0.2, 0.25) is 0 Å². The van der Waals surface area contributed by atoms with Crippen molar-refractivity contribution in [2.24, 2.45) is 0 Å². The Morgan fingerprint density at radius 3 is 2.66 bits per heavy atom. The molecule has 3 aromatic rings. The van der Waals surface area contributed by atoms with Gasteiger partial charge in [-0.3, -0.25) is 5.10 Å². The lowest BCUT2D eigenvalue weighted by Gasteiger charge is -2.34. The first-order valence-corrected chi connectivity index (χ1v) is 12.7. The average Bonchev–Trinajstić information content (AvgIpc) is 3.19. The molecule has 2 unspecified atom stereocenters. The number of aromatic nitrogens is 4. The summed E-state index contributed by atoms with van der Waals surface area (Å²) in [5, 5.41) is 8.05. The van der Waals surface area contributed by atoms with E-state index in [9.17, 15) is 8.42 Å². The number of fused-ring (bicyclic) bond motifs is 3. The summed E-state index contributed by atoms with van der Waals surface area (Å²) >= 11 is 0. The maximum absolute atomic E-state index is 12.7. The van der Waals surface area contributed by atoms with Gasteiger partial charge in [-0.05, 0) is 45.2 Å². The maximum atomic E-state index is 12.7. The minimum Gasteiger partial charge on any atom is -0.383 e. The van der Waals surface area contributed by atoms with E-state index < -0.39 is 15.3 Å². The molecule has 1 saturated carbocycles. The zero-order chi connectivity index (χ0) is 22.2. The number of aromatic amines is 1. The summed E-state index contributed by atoms with van der Waals surface area (Å²) < 4.78 is 27.0. The highest BCUT2D eigenvalue weighted by Gasteiger charge is 2.49.